The highest BCUT2D eigenvalue weighted by Crippen LogP contribution is 2.28. The van der Waals surface area contributed by atoms with Gasteiger partial charge in [-0.1, -0.05) is 7.43 Å². The molecule has 2 aromatic heterocycles. The van der Waals surface area contributed by atoms with Crippen molar-refractivity contribution in [2.45, 2.75) is 45.2 Å². The third-order valence-electron chi connectivity index (χ3n) is 5.59. The first-order valence-corrected chi connectivity index (χ1v) is 14.0. The number of nitrogens with two attached hydrogens (primary N) is 1. The topological polar surface area (TPSA) is 158 Å². The van der Waals surface area contributed by atoms with Crippen molar-refractivity contribution < 1.29 is 18.3 Å². The molecule has 0 bridgehead atoms. The summed E-state index contributed by atoms with van der Waals surface area (Å²) < 4.78 is 36.1. The number of nitrogen functional groups attached to an aromatic ring is 1. The van der Waals surface area contributed by atoms with Crippen LogP contribution in [-0.4, -0.2) is 56.2 Å². The lowest BCUT2D eigenvalue weighted by molar-refractivity contribution is 0.386. The molecule has 44 heavy (non-hydrogen) atoms. The number of benzene rings is 2. The van der Waals surface area contributed by atoms with E-state index in [2.05, 4.69) is 50.6 Å². The number of ether oxygens (including phenoxy) is 2. The van der Waals surface area contributed by atoms with E-state index in [0.717, 1.165) is 25.7 Å². The molecule has 12 nitrogen and oxygen atoms in total. The van der Waals surface area contributed by atoms with E-state index >= 15 is 0 Å². The van der Waals surface area contributed by atoms with Gasteiger partial charge in [-0.2, -0.15) is 29.9 Å². The highest BCUT2D eigenvalue weighted by molar-refractivity contribution is 6.33. The third-order valence-corrected chi connectivity index (χ3v) is 6.10. The summed E-state index contributed by atoms with van der Waals surface area (Å²) in [7, 11) is 2.84. The second-order valence-corrected chi connectivity index (χ2v) is 10.2. The van der Waals surface area contributed by atoms with Gasteiger partial charge in [0, 0.05) is 35.6 Å². The number of nitrogens with zero attached hydrogens (tertiary/aromatic N) is 6. The fourth-order valence-corrected chi connectivity index (χ4v) is 3.85. The lowest BCUT2D eigenvalue weighted by Gasteiger charge is -2.11. The molecule has 0 radical (unpaired) electrons. The molecule has 2 aliphatic rings. The van der Waals surface area contributed by atoms with Crippen LogP contribution in [0.4, 0.5) is 38.0 Å². The normalized spacial score (nSPS) is 13.2. The van der Waals surface area contributed by atoms with E-state index in [0.29, 0.717) is 41.3 Å². The van der Waals surface area contributed by atoms with Gasteiger partial charge >= 0.3 is 0 Å². The predicted octanol–water partition coefficient (Wildman–Crippen LogP) is 6.80. The average molecular weight is 672 g/mol. The maximum atomic E-state index is 13.8. The lowest BCUT2D eigenvalue weighted by atomic mass is 10.3. The Morgan fingerprint density at radius 3 is 1.52 bits per heavy atom. The van der Waals surface area contributed by atoms with Gasteiger partial charge in [0.25, 0.3) is 0 Å². The second kappa shape index (κ2) is 16.2. The summed E-state index contributed by atoms with van der Waals surface area (Å²) in [6.45, 7) is 0. The van der Waals surface area contributed by atoms with E-state index in [9.17, 15) is 8.78 Å². The van der Waals surface area contributed by atoms with Crippen LogP contribution >= 0.6 is 34.8 Å². The molecule has 0 saturated heterocycles. The van der Waals surface area contributed by atoms with Gasteiger partial charge in [-0.15, -0.1) is 0 Å². The Kier molecular flexibility index (Phi) is 12.7. The molecule has 0 spiro atoms. The molecule has 0 atom stereocenters. The summed E-state index contributed by atoms with van der Waals surface area (Å²) in [6, 6.07) is 9.80. The SMILES string of the molecule is C.COc1ccc(N)cc1F.COc1ccc(Nc2nc(NC3CC3)nc(NC3CC3)n2)cc1F.Clc1nc(Cl)nc(Cl)n1. The van der Waals surface area contributed by atoms with Crippen molar-refractivity contribution >= 4 is 64.0 Å². The van der Waals surface area contributed by atoms with E-state index in [1.807, 2.05) is 0 Å². The number of hydrogen-bond acceptors (Lipinski definition) is 12. The summed E-state index contributed by atoms with van der Waals surface area (Å²) in [5.74, 6) is 0.990. The minimum atomic E-state index is -0.441. The zero-order valence-electron chi connectivity index (χ0n) is 22.9. The van der Waals surface area contributed by atoms with Gasteiger partial charge in [0.2, 0.25) is 33.7 Å². The van der Waals surface area contributed by atoms with Gasteiger partial charge in [0.1, 0.15) is 0 Å². The molecule has 2 aliphatic carbocycles. The molecule has 4 aromatic rings. The maximum Gasteiger partial charge on any atom is 0.233 e. The lowest BCUT2D eigenvalue weighted by Crippen LogP contribution is -2.13. The molecule has 2 saturated carbocycles. The van der Waals surface area contributed by atoms with Crippen molar-refractivity contribution in [2.24, 2.45) is 0 Å². The standard InChI is InChI=1S/C16H19FN6O.C7H8FNO.C3Cl3N3.CH4/c1-24-13-7-6-11(8-12(13)17)20-16-22-14(18-9-2-3-9)21-15(23-16)19-10-4-5-10;1-10-7-3-2-5(9)4-6(7)8;4-1-7-2(5)9-3(6)8-1;/h6-10H,2-5H2,1H3,(H3,18,19,20,21,22,23);2-4H,9H2,1H3;;1H4. The molecule has 2 fully saturated rings. The van der Waals surface area contributed by atoms with Gasteiger partial charge in [-0.05, 0) is 84.8 Å². The first kappa shape index (κ1) is 34.5. The quantitative estimate of drug-likeness (QED) is 0.146. The zero-order chi connectivity index (χ0) is 30.9. The molecule has 236 valence electrons. The van der Waals surface area contributed by atoms with Crippen LogP contribution in [0, 0.1) is 11.6 Å². The molecule has 6 rings (SSSR count). The van der Waals surface area contributed by atoms with Crippen molar-refractivity contribution in [1.82, 2.24) is 29.9 Å². The van der Waals surface area contributed by atoms with E-state index < -0.39 is 11.6 Å². The number of nitrogens with one attached hydrogen (secondary N) is 3. The van der Waals surface area contributed by atoms with Gasteiger partial charge in [-0.25, -0.2) is 8.78 Å². The first-order chi connectivity index (χ1) is 20.6. The fraction of sp³-hybridized carbons (Fsp3) is 0.333. The fourth-order valence-electron chi connectivity index (χ4n) is 3.24. The largest absolute Gasteiger partial charge is 0.494 e. The summed E-state index contributed by atoms with van der Waals surface area (Å²) in [4.78, 5) is 23.5. The van der Waals surface area contributed by atoms with Gasteiger partial charge in [0.05, 0.1) is 14.2 Å². The van der Waals surface area contributed by atoms with Crippen LogP contribution in [0.5, 0.6) is 11.5 Å². The summed E-state index contributed by atoms with van der Waals surface area (Å²) >= 11 is 16.0. The molecule has 2 aromatic carbocycles. The van der Waals surface area contributed by atoms with Crippen LogP contribution in [0.3, 0.4) is 0 Å². The van der Waals surface area contributed by atoms with E-state index in [1.54, 1.807) is 18.2 Å². The minimum Gasteiger partial charge on any atom is -0.494 e. The molecular weight excluding hydrogens is 641 g/mol. The molecular formula is C27H31Cl3F2N10O2. The second-order valence-electron chi connectivity index (χ2n) is 9.15. The van der Waals surface area contributed by atoms with E-state index in [1.165, 1.54) is 32.4 Å². The monoisotopic (exact) mass is 670 g/mol. The highest BCUT2D eigenvalue weighted by Gasteiger charge is 2.25. The first-order valence-electron chi connectivity index (χ1n) is 12.8. The summed E-state index contributed by atoms with van der Waals surface area (Å²) in [6.07, 6.45) is 4.51. The van der Waals surface area contributed by atoms with Crippen molar-refractivity contribution in [3.63, 3.8) is 0 Å². The Morgan fingerprint density at radius 1 is 0.682 bits per heavy atom. The Labute approximate surface area is 268 Å². The van der Waals surface area contributed by atoms with Gasteiger partial charge in [0.15, 0.2) is 23.1 Å². The predicted molar refractivity (Wildman–Crippen MR) is 168 cm³/mol. The minimum absolute atomic E-state index is 0. The smallest absolute Gasteiger partial charge is 0.233 e. The van der Waals surface area contributed by atoms with Crippen LogP contribution in [0.15, 0.2) is 36.4 Å². The number of hydrogen-bond donors (Lipinski definition) is 4. The maximum absolute atomic E-state index is 13.8. The summed E-state index contributed by atoms with van der Waals surface area (Å²) in [5, 5.41) is 9.57. The number of rotatable bonds is 8. The third kappa shape index (κ3) is 11.2. The van der Waals surface area contributed by atoms with Crippen molar-refractivity contribution in [1.29, 1.82) is 0 Å². The molecule has 0 aliphatic heterocycles. The Bertz CT molecular complexity index is 1470. The van der Waals surface area contributed by atoms with Crippen LogP contribution in [0.25, 0.3) is 0 Å². The van der Waals surface area contributed by atoms with E-state index in [-0.39, 0.29) is 34.8 Å². The summed E-state index contributed by atoms with van der Waals surface area (Å²) in [5.41, 5.74) is 6.24. The van der Waals surface area contributed by atoms with Crippen molar-refractivity contribution in [3.8, 4) is 11.5 Å². The van der Waals surface area contributed by atoms with Crippen LogP contribution in [-0.2, 0) is 0 Å². The Hall–Kier alpha value is -4.01. The number of methoxy groups -OCH3 is 2. The van der Waals surface area contributed by atoms with Crippen LogP contribution < -0.4 is 31.2 Å². The van der Waals surface area contributed by atoms with E-state index in [4.69, 9.17) is 45.3 Å². The Balaban J connectivity index is 0.000000219. The van der Waals surface area contributed by atoms with Gasteiger partial charge in [-0.3, -0.25) is 0 Å². The molecule has 5 N–H and O–H groups in total. The number of halogens is 5. The molecule has 0 unspecified atom stereocenters. The average Bonchev–Trinajstić information content (AvgIpc) is 3.87. The molecule has 2 heterocycles. The van der Waals surface area contributed by atoms with Crippen LogP contribution in [0.2, 0.25) is 15.9 Å². The van der Waals surface area contributed by atoms with Gasteiger partial charge < -0.3 is 31.2 Å². The molecule has 17 heteroatoms. The van der Waals surface area contributed by atoms with Crippen LogP contribution in [0.1, 0.15) is 33.1 Å². The Morgan fingerprint density at radius 2 is 1.11 bits per heavy atom. The molecule has 0 amide bonds. The zero-order valence-corrected chi connectivity index (χ0v) is 25.2. The van der Waals surface area contributed by atoms with Crippen molar-refractivity contribution in [3.05, 3.63) is 63.9 Å². The highest BCUT2D eigenvalue weighted by atomic mass is 35.5. The van der Waals surface area contributed by atoms with Crippen molar-refractivity contribution in [2.75, 3.05) is 35.9 Å². The number of anilines is 5. The number of aromatic nitrogens is 6.